The SMILES string of the molecule is C=C(N)NCCCCCC(=O)/C=C/c1ccc2c(c1)C(C(=O)OC)C(c1ccc(O)cc1)O2. The van der Waals surface area contributed by atoms with E-state index in [1.54, 1.807) is 42.5 Å². The second kappa shape index (κ2) is 11.2. The number of nitrogens with one attached hydrogen (secondary N) is 1. The number of phenols is 1. The van der Waals surface area contributed by atoms with Gasteiger partial charge in [-0.25, -0.2) is 0 Å². The first-order valence-corrected chi connectivity index (χ1v) is 11.0. The summed E-state index contributed by atoms with van der Waals surface area (Å²) in [5.74, 6) is 0.195. The van der Waals surface area contributed by atoms with Gasteiger partial charge in [-0.15, -0.1) is 0 Å². The summed E-state index contributed by atoms with van der Waals surface area (Å²) in [7, 11) is 1.35. The molecule has 2 atom stereocenters. The van der Waals surface area contributed by atoms with Gasteiger partial charge >= 0.3 is 5.97 Å². The van der Waals surface area contributed by atoms with Crippen molar-refractivity contribution in [2.45, 2.75) is 37.7 Å². The average Bonchev–Trinajstić information content (AvgIpc) is 3.18. The summed E-state index contributed by atoms with van der Waals surface area (Å²) in [6.07, 6.45) is 5.90. The molecule has 0 bridgehead atoms. The summed E-state index contributed by atoms with van der Waals surface area (Å²) in [5, 5.41) is 12.5. The highest BCUT2D eigenvalue weighted by atomic mass is 16.5. The Kier molecular flexibility index (Phi) is 8.13. The zero-order valence-corrected chi connectivity index (χ0v) is 18.8. The first kappa shape index (κ1) is 23.9. The van der Waals surface area contributed by atoms with Gasteiger partial charge in [0.1, 0.15) is 23.5 Å². The highest BCUT2D eigenvalue weighted by Gasteiger charge is 2.41. The fourth-order valence-corrected chi connectivity index (χ4v) is 3.81. The molecule has 33 heavy (non-hydrogen) atoms. The number of allylic oxidation sites excluding steroid dienone is 1. The lowest BCUT2D eigenvalue weighted by Crippen LogP contribution is -2.20. The molecule has 0 radical (unpaired) electrons. The topological polar surface area (TPSA) is 111 Å². The van der Waals surface area contributed by atoms with Crippen LogP contribution in [0.25, 0.3) is 6.08 Å². The predicted molar refractivity (Wildman–Crippen MR) is 127 cm³/mol. The second-order valence-electron chi connectivity index (χ2n) is 7.99. The van der Waals surface area contributed by atoms with Gasteiger partial charge in [0.2, 0.25) is 0 Å². The summed E-state index contributed by atoms with van der Waals surface area (Å²) in [4.78, 5) is 24.8. The summed E-state index contributed by atoms with van der Waals surface area (Å²) in [6.45, 7) is 4.33. The molecule has 7 nitrogen and oxygen atoms in total. The monoisotopic (exact) mass is 450 g/mol. The molecule has 1 aliphatic rings. The van der Waals surface area contributed by atoms with Crippen molar-refractivity contribution in [3.8, 4) is 11.5 Å². The smallest absolute Gasteiger partial charge is 0.317 e. The van der Waals surface area contributed by atoms with Crippen LogP contribution in [0.2, 0.25) is 0 Å². The minimum absolute atomic E-state index is 0.0504. The standard InChI is InChI=1S/C26H30N2O5/c1-17(27)28-15-5-3-4-6-20(29)11-7-18-8-14-23-22(16-18)24(26(31)32-2)25(33-23)19-9-12-21(30)13-10-19/h7-14,16,24-25,28,30H,1,3-6,15,27H2,2H3/b11-7+. The van der Waals surface area contributed by atoms with E-state index in [2.05, 4.69) is 11.9 Å². The number of carbonyl (C=O) groups is 2. The first-order chi connectivity index (χ1) is 15.9. The van der Waals surface area contributed by atoms with E-state index in [-0.39, 0.29) is 11.5 Å². The van der Waals surface area contributed by atoms with Crippen molar-refractivity contribution in [3.63, 3.8) is 0 Å². The Morgan fingerprint density at radius 2 is 1.94 bits per heavy atom. The molecule has 174 valence electrons. The van der Waals surface area contributed by atoms with Gasteiger partial charge in [0, 0.05) is 18.5 Å². The molecule has 0 aliphatic carbocycles. The molecule has 1 heterocycles. The number of unbranched alkanes of at least 4 members (excludes halogenated alkanes) is 2. The lowest BCUT2D eigenvalue weighted by atomic mass is 9.90. The van der Waals surface area contributed by atoms with Crippen LogP contribution < -0.4 is 15.8 Å². The second-order valence-corrected chi connectivity index (χ2v) is 7.99. The molecule has 1 aliphatic heterocycles. The number of ether oxygens (including phenoxy) is 2. The maximum Gasteiger partial charge on any atom is 0.317 e. The van der Waals surface area contributed by atoms with E-state index < -0.39 is 18.0 Å². The van der Waals surface area contributed by atoms with Crippen LogP contribution in [0.3, 0.4) is 0 Å². The van der Waals surface area contributed by atoms with Crippen LogP contribution in [0.15, 0.2) is 60.9 Å². The third-order valence-corrected chi connectivity index (χ3v) is 5.52. The van der Waals surface area contributed by atoms with Gasteiger partial charge in [-0.2, -0.15) is 0 Å². The first-order valence-electron chi connectivity index (χ1n) is 11.0. The molecule has 0 amide bonds. The zero-order chi connectivity index (χ0) is 23.8. The molecule has 0 saturated heterocycles. The van der Waals surface area contributed by atoms with E-state index in [1.807, 2.05) is 12.1 Å². The number of carbonyl (C=O) groups excluding carboxylic acids is 2. The third-order valence-electron chi connectivity index (χ3n) is 5.52. The molecule has 3 rings (SSSR count). The molecular formula is C26H30N2O5. The van der Waals surface area contributed by atoms with Crippen molar-refractivity contribution in [1.82, 2.24) is 5.32 Å². The Bertz CT molecular complexity index is 1030. The molecule has 0 spiro atoms. The fraction of sp³-hybridized carbons (Fsp3) is 0.308. The maximum atomic E-state index is 12.6. The van der Waals surface area contributed by atoms with E-state index >= 15 is 0 Å². The number of benzene rings is 2. The lowest BCUT2D eigenvalue weighted by molar-refractivity contribution is -0.144. The molecule has 0 fully saturated rings. The quantitative estimate of drug-likeness (QED) is 0.270. The number of aromatic hydroxyl groups is 1. The maximum absolute atomic E-state index is 12.6. The van der Waals surface area contributed by atoms with E-state index in [1.165, 1.54) is 7.11 Å². The Hall–Kier alpha value is -3.74. The number of ketones is 1. The third kappa shape index (κ3) is 6.38. The molecule has 7 heteroatoms. The number of hydrogen-bond donors (Lipinski definition) is 3. The van der Waals surface area contributed by atoms with Crippen LogP contribution >= 0.6 is 0 Å². The minimum atomic E-state index is -0.642. The van der Waals surface area contributed by atoms with Gasteiger partial charge < -0.3 is 25.6 Å². The highest BCUT2D eigenvalue weighted by Crippen LogP contribution is 2.47. The van der Waals surface area contributed by atoms with Gasteiger partial charge in [0.25, 0.3) is 0 Å². The van der Waals surface area contributed by atoms with Crippen LogP contribution in [-0.4, -0.2) is 30.5 Å². The van der Waals surface area contributed by atoms with Gasteiger partial charge in [-0.3, -0.25) is 9.59 Å². The van der Waals surface area contributed by atoms with Crippen LogP contribution in [0.1, 0.15) is 54.4 Å². The van der Waals surface area contributed by atoms with Crippen molar-refractivity contribution >= 4 is 17.8 Å². The van der Waals surface area contributed by atoms with Gasteiger partial charge in [0.05, 0.1) is 12.9 Å². The molecule has 2 aromatic rings. The largest absolute Gasteiger partial charge is 0.508 e. The molecule has 0 aromatic heterocycles. The van der Waals surface area contributed by atoms with Gasteiger partial charge in [0.15, 0.2) is 5.78 Å². The van der Waals surface area contributed by atoms with E-state index in [9.17, 15) is 14.7 Å². The summed E-state index contributed by atoms with van der Waals surface area (Å²) in [5.41, 5.74) is 7.72. The fourth-order valence-electron chi connectivity index (χ4n) is 3.81. The van der Waals surface area contributed by atoms with E-state index in [0.29, 0.717) is 23.6 Å². The molecule has 2 unspecified atom stereocenters. The highest BCUT2D eigenvalue weighted by molar-refractivity contribution is 5.93. The zero-order valence-electron chi connectivity index (χ0n) is 18.8. The average molecular weight is 451 g/mol. The number of fused-ring (bicyclic) bond motifs is 1. The summed E-state index contributed by atoms with van der Waals surface area (Å²) >= 11 is 0. The summed E-state index contributed by atoms with van der Waals surface area (Å²) in [6, 6.07) is 12.1. The number of esters is 1. The van der Waals surface area contributed by atoms with E-state index in [4.69, 9.17) is 15.2 Å². The Morgan fingerprint density at radius 1 is 1.18 bits per heavy atom. The van der Waals surface area contributed by atoms with Crippen LogP contribution in [0, 0.1) is 0 Å². The van der Waals surface area contributed by atoms with Crippen LogP contribution in [0.5, 0.6) is 11.5 Å². The van der Waals surface area contributed by atoms with Crippen molar-refractivity contribution in [1.29, 1.82) is 0 Å². The van der Waals surface area contributed by atoms with Gasteiger partial charge in [-0.1, -0.05) is 37.3 Å². The number of nitrogens with two attached hydrogens (primary N) is 1. The van der Waals surface area contributed by atoms with Crippen molar-refractivity contribution in [3.05, 3.63) is 77.6 Å². The Balaban J connectivity index is 1.65. The molecule has 0 saturated carbocycles. The predicted octanol–water partition coefficient (Wildman–Crippen LogP) is 3.94. The van der Waals surface area contributed by atoms with Crippen LogP contribution in [-0.2, 0) is 14.3 Å². The number of methoxy groups -OCH3 is 1. The Labute approximate surface area is 193 Å². The van der Waals surface area contributed by atoms with Gasteiger partial charge in [-0.05, 0) is 54.3 Å². The molecule has 2 aromatic carbocycles. The minimum Gasteiger partial charge on any atom is -0.508 e. The summed E-state index contributed by atoms with van der Waals surface area (Å²) < 4.78 is 11.1. The normalized spacial score (nSPS) is 16.8. The Morgan fingerprint density at radius 3 is 2.64 bits per heavy atom. The van der Waals surface area contributed by atoms with Crippen molar-refractivity contribution < 1.29 is 24.2 Å². The molecule has 4 N–H and O–H groups in total. The van der Waals surface area contributed by atoms with Crippen molar-refractivity contribution in [2.24, 2.45) is 5.73 Å². The number of hydrogen-bond acceptors (Lipinski definition) is 7. The van der Waals surface area contributed by atoms with Crippen LogP contribution in [0.4, 0.5) is 0 Å². The number of phenolic OH excluding ortho intramolecular Hbond substituents is 1. The molecular weight excluding hydrogens is 420 g/mol. The lowest BCUT2D eigenvalue weighted by Gasteiger charge is -2.17. The van der Waals surface area contributed by atoms with E-state index in [0.717, 1.165) is 36.9 Å². The number of rotatable bonds is 11. The van der Waals surface area contributed by atoms with Crippen molar-refractivity contribution in [2.75, 3.05) is 13.7 Å².